The zero-order valence-electron chi connectivity index (χ0n) is 32.6. The molecule has 0 fully saturated rings. The van der Waals surface area contributed by atoms with Crippen molar-refractivity contribution in [2.45, 2.75) is 66.5 Å². The summed E-state index contributed by atoms with van der Waals surface area (Å²) in [5.74, 6) is 2.10. The molecule has 0 aromatic carbocycles. The van der Waals surface area contributed by atoms with Crippen LogP contribution in [0.1, 0.15) is 74.0 Å². The maximum absolute atomic E-state index is 4.90. The summed E-state index contributed by atoms with van der Waals surface area (Å²) in [5, 5.41) is 29.0. The Bertz CT molecular complexity index is 2500. The molecule has 0 bridgehead atoms. The first-order valence-corrected chi connectivity index (χ1v) is 20.2. The molecule has 0 aliphatic heterocycles. The third-order valence-corrected chi connectivity index (χ3v) is 10.5. The van der Waals surface area contributed by atoms with E-state index in [1.165, 1.54) is 0 Å². The van der Waals surface area contributed by atoms with Crippen LogP contribution in [0.2, 0.25) is 0 Å². The van der Waals surface area contributed by atoms with Crippen LogP contribution >= 0.6 is 38.6 Å². The van der Waals surface area contributed by atoms with Gasteiger partial charge in [-0.2, -0.15) is 20.4 Å². The van der Waals surface area contributed by atoms with Crippen LogP contribution in [0.4, 0.5) is 11.4 Å². The van der Waals surface area contributed by atoms with Crippen LogP contribution in [0.5, 0.6) is 0 Å². The van der Waals surface area contributed by atoms with Crippen molar-refractivity contribution in [3.05, 3.63) is 80.2 Å². The van der Waals surface area contributed by atoms with Crippen LogP contribution in [0.3, 0.4) is 0 Å². The van der Waals surface area contributed by atoms with Crippen molar-refractivity contribution in [1.82, 2.24) is 69.0 Å². The summed E-state index contributed by atoms with van der Waals surface area (Å²) in [6, 6.07) is 4.05. The van der Waals surface area contributed by atoms with Crippen LogP contribution in [0, 0.1) is 13.8 Å². The molecule has 8 aromatic heterocycles. The normalized spacial score (nSPS) is 11.3. The number of thiazole rings is 2. The van der Waals surface area contributed by atoms with Crippen molar-refractivity contribution in [1.29, 1.82) is 0 Å². The first-order chi connectivity index (χ1) is 26.3. The molecular weight excluding hydrogens is 801 g/mol. The zero-order chi connectivity index (χ0) is 39.4. The molecule has 0 saturated heterocycles. The lowest BCUT2D eigenvalue weighted by Gasteiger charge is -2.11. The smallest absolute Gasteiger partial charge is 0.169 e. The van der Waals surface area contributed by atoms with E-state index in [2.05, 4.69) is 101 Å². The van der Waals surface area contributed by atoms with Gasteiger partial charge in [0, 0.05) is 45.0 Å². The lowest BCUT2D eigenvalue weighted by atomic mass is 10.1. The van der Waals surface area contributed by atoms with Gasteiger partial charge < -0.3 is 10.6 Å². The summed E-state index contributed by atoms with van der Waals surface area (Å²) in [6.45, 7) is 13.6. The number of anilines is 2. The highest BCUT2D eigenvalue weighted by Crippen LogP contribution is 2.36. The number of halogens is 1. The Hall–Kier alpha value is -5.14. The minimum Gasteiger partial charge on any atom is -0.377 e. The lowest BCUT2D eigenvalue weighted by Crippen LogP contribution is -2.04. The summed E-state index contributed by atoms with van der Waals surface area (Å²) >= 11 is 6.69. The maximum atomic E-state index is 4.90. The molecule has 0 aliphatic rings. The summed E-state index contributed by atoms with van der Waals surface area (Å²) < 4.78 is 7.84. The van der Waals surface area contributed by atoms with Gasteiger partial charge in [0.1, 0.15) is 17.3 Å². The van der Waals surface area contributed by atoms with Crippen molar-refractivity contribution in [2.24, 2.45) is 28.2 Å². The van der Waals surface area contributed by atoms with Gasteiger partial charge in [-0.3, -0.25) is 23.7 Å². The highest BCUT2D eigenvalue weighted by Gasteiger charge is 2.21. The number of rotatable bonds is 9. The SMILES string of the molecule is CC(C)c1nn(C)c2nc(Br)cc(NCc3ncn(C)n3)c12.Cc1cscn1.Cc1ncsc1-c1cc(NCc2ncn(C)n2)c2c(C(C)C)nn(C)c2n1. The summed E-state index contributed by atoms with van der Waals surface area (Å²) in [7, 11) is 7.58. The predicted octanol–water partition coefficient (Wildman–Crippen LogP) is 7.31. The van der Waals surface area contributed by atoms with Gasteiger partial charge in [-0.15, -0.1) is 22.7 Å². The minimum atomic E-state index is 0.292. The van der Waals surface area contributed by atoms with E-state index < -0.39 is 0 Å². The summed E-state index contributed by atoms with van der Waals surface area (Å²) in [6.07, 6.45) is 3.40. The zero-order valence-corrected chi connectivity index (χ0v) is 35.8. The quantitative estimate of drug-likeness (QED) is 0.139. The van der Waals surface area contributed by atoms with Gasteiger partial charge in [0.2, 0.25) is 0 Å². The number of hydrogen-bond donors (Lipinski definition) is 2. The molecule has 0 aliphatic carbocycles. The van der Waals surface area contributed by atoms with Crippen molar-refractivity contribution in [3.63, 3.8) is 0 Å². The molecule has 0 amide bonds. The van der Waals surface area contributed by atoms with Crippen molar-refractivity contribution in [3.8, 4) is 10.6 Å². The molecule has 0 saturated carbocycles. The molecular formula is C36H45BrN16S2. The van der Waals surface area contributed by atoms with Gasteiger partial charge in [-0.05, 0) is 53.7 Å². The van der Waals surface area contributed by atoms with E-state index in [1.807, 2.05) is 73.9 Å². The largest absolute Gasteiger partial charge is 0.377 e. The summed E-state index contributed by atoms with van der Waals surface area (Å²) in [5.41, 5.74) is 12.4. The maximum Gasteiger partial charge on any atom is 0.169 e. The second kappa shape index (κ2) is 17.1. The van der Waals surface area contributed by atoms with Crippen molar-refractivity contribution < 1.29 is 0 Å². The fraction of sp³-hybridized carbons (Fsp3) is 0.389. The molecule has 8 aromatic rings. The third-order valence-electron chi connectivity index (χ3n) is 8.41. The van der Waals surface area contributed by atoms with E-state index in [1.54, 1.807) is 44.7 Å². The number of aromatic nitrogens is 14. The van der Waals surface area contributed by atoms with Gasteiger partial charge in [0.05, 0.1) is 68.2 Å². The Morgan fingerprint density at radius 3 is 1.65 bits per heavy atom. The standard InChI is InChI=1S/C18H22N8S.C14H18BrN7.C4H5NS/c1-10(2)16-15-12(19-7-14-20-8-25(4)23-14)6-13(17-11(3)21-9-27-17)22-18(15)26(5)24-16;1-8(2)13-12-9(16-6-11-17-7-21(3)19-11)5-10(15)18-14(12)22(4)20-13;1-4-2-6-3-5-4/h6,8-10H,7H2,1-5H3,(H,19,22);5,7-8H,6H2,1-4H3,(H,16,18);2-3H,1H3. The second-order valence-electron chi connectivity index (χ2n) is 13.5. The van der Waals surface area contributed by atoms with Crippen LogP contribution in [0.15, 0.2) is 45.8 Å². The van der Waals surface area contributed by atoms with Gasteiger partial charge in [-0.1, -0.05) is 27.7 Å². The van der Waals surface area contributed by atoms with Crippen molar-refractivity contribution in [2.75, 3.05) is 10.6 Å². The van der Waals surface area contributed by atoms with E-state index in [0.29, 0.717) is 24.9 Å². The first-order valence-electron chi connectivity index (χ1n) is 17.6. The molecule has 2 N–H and O–H groups in total. The molecule has 55 heavy (non-hydrogen) atoms. The Balaban J connectivity index is 0.000000165. The Kier molecular flexibility index (Phi) is 12.3. The molecule has 0 atom stereocenters. The monoisotopic (exact) mass is 844 g/mol. The topological polar surface area (TPSA) is 173 Å². The van der Waals surface area contributed by atoms with E-state index in [0.717, 1.165) is 83.0 Å². The molecule has 19 heteroatoms. The van der Waals surface area contributed by atoms with E-state index >= 15 is 0 Å². The number of pyridine rings is 2. The Labute approximate surface area is 335 Å². The molecule has 0 spiro atoms. The Morgan fingerprint density at radius 1 is 0.691 bits per heavy atom. The average molecular weight is 846 g/mol. The molecule has 288 valence electrons. The number of nitrogens with zero attached hydrogens (tertiary/aromatic N) is 14. The van der Waals surface area contributed by atoms with E-state index in [-0.39, 0.29) is 0 Å². The van der Waals surface area contributed by atoms with Crippen LogP contribution in [0.25, 0.3) is 32.6 Å². The van der Waals surface area contributed by atoms with Crippen LogP contribution in [-0.4, -0.2) is 69.0 Å². The molecule has 8 heterocycles. The van der Waals surface area contributed by atoms with Crippen molar-refractivity contribution >= 4 is 72.0 Å². The summed E-state index contributed by atoms with van der Waals surface area (Å²) in [4.78, 5) is 27.4. The van der Waals surface area contributed by atoms with Crippen LogP contribution in [-0.2, 0) is 41.3 Å². The molecule has 8 rings (SSSR count). The number of fused-ring (bicyclic) bond motifs is 2. The predicted molar refractivity (Wildman–Crippen MR) is 222 cm³/mol. The van der Waals surface area contributed by atoms with E-state index in [4.69, 9.17) is 10.1 Å². The van der Waals surface area contributed by atoms with Gasteiger partial charge in [0.25, 0.3) is 0 Å². The average Bonchev–Trinajstić information content (AvgIpc) is 4.01. The fourth-order valence-corrected chi connectivity index (χ4v) is 7.53. The third kappa shape index (κ3) is 9.22. The highest BCUT2D eigenvalue weighted by atomic mass is 79.9. The van der Waals surface area contributed by atoms with Gasteiger partial charge in [0.15, 0.2) is 22.9 Å². The number of nitrogens with one attached hydrogen (secondary N) is 2. The number of aryl methyl sites for hydroxylation is 6. The van der Waals surface area contributed by atoms with Crippen LogP contribution < -0.4 is 10.6 Å². The molecule has 16 nitrogen and oxygen atoms in total. The lowest BCUT2D eigenvalue weighted by molar-refractivity contribution is 0.724. The second-order valence-corrected chi connectivity index (χ2v) is 15.9. The first kappa shape index (κ1) is 39.6. The Morgan fingerprint density at radius 2 is 1.24 bits per heavy atom. The van der Waals surface area contributed by atoms with Gasteiger partial charge >= 0.3 is 0 Å². The van der Waals surface area contributed by atoms with Gasteiger partial charge in [-0.25, -0.2) is 24.9 Å². The number of hydrogen-bond acceptors (Lipinski definition) is 14. The fourth-order valence-electron chi connectivity index (χ4n) is 5.83. The minimum absolute atomic E-state index is 0.292. The van der Waals surface area contributed by atoms with E-state index in [9.17, 15) is 0 Å². The molecule has 0 radical (unpaired) electrons. The molecule has 0 unspecified atom stereocenters. The highest BCUT2D eigenvalue weighted by molar-refractivity contribution is 9.10.